The highest BCUT2D eigenvalue weighted by atomic mass is 19.1. The summed E-state index contributed by atoms with van der Waals surface area (Å²) in [5.41, 5.74) is 6.13. The molecule has 0 amide bonds. The van der Waals surface area contributed by atoms with Crippen LogP contribution in [0.15, 0.2) is 48.5 Å². The second kappa shape index (κ2) is 8.48. The fourth-order valence-corrected chi connectivity index (χ4v) is 2.33. The summed E-state index contributed by atoms with van der Waals surface area (Å²) in [6, 6.07) is 12.4. The zero-order chi connectivity index (χ0) is 18.4. The highest BCUT2D eigenvalue weighted by Crippen LogP contribution is 2.33. The third-order valence-electron chi connectivity index (χ3n) is 3.61. The first kappa shape index (κ1) is 18.7. The van der Waals surface area contributed by atoms with Gasteiger partial charge in [0.1, 0.15) is 29.5 Å². The van der Waals surface area contributed by atoms with E-state index in [4.69, 9.17) is 19.9 Å². The summed E-state index contributed by atoms with van der Waals surface area (Å²) in [5, 5.41) is 0. The Bertz CT molecular complexity index is 706. The quantitative estimate of drug-likeness (QED) is 0.779. The van der Waals surface area contributed by atoms with Crippen molar-refractivity contribution in [2.45, 2.75) is 32.1 Å². The Morgan fingerprint density at radius 1 is 1.12 bits per heavy atom. The highest BCUT2D eigenvalue weighted by Gasteiger charge is 2.29. The summed E-state index contributed by atoms with van der Waals surface area (Å²) in [4.78, 5) is 11.9. The molecule has 0 spiro atoms. The van der Waals surface area contributed by atoms with Crippen LogP contribution in [-0.2, 0) is 9.53 Å². The van der Waals surface area contributed by atoms with Crippen molar-refractivity contribution < 1.29 is 23.4 Å². The van der Waals surface area contributed by atoms with Crippen LogP contribution in [0.1, 0.15) is 25.5 Å². The standard InChI is InChI=1S/C19H22FNO4/c1-12(21)19(22)24-13(2)18(25-15-7-5-4-6-8-15)16-10-9-14(20)11-17(16)23-3/h4-13,18H,21H2,1-3H3/t12-,13-,18-/m0/s1. The number of hydrogen-bond acceptors (Lipinski definition) is 5. The molecular weight excluding hydrogens is 325 g/mol. The van der Waals surface area contributed by atoms with Crippen molar-refractivity contribution in [2.24, 2.45) is 5.73 Å². The number of hydrogen-bond donors (Lipinski definition) is 1. The topological polar surface area (TPSA) is 70.8 Å². The minimum atomic E-state index is -0.755. The molecule has 6 heteroatoms. The molecule has 2 aromatic carbocycles. The van der Waals surface area contributed by atoms with Gasteiger partial charge in [-0.25, -0.2) is 4.39 Å². The molecule has 0 aliphatic heterocycles. The van der Waals surface area contributed by atoms with E-state index in [-0.39, 0.29) is 0 Å². The summed E-state index contributed by atoms with van der Waals surface area (Å²) in [6.45, 7) is 3.23. The number of benzene rings is 2. The molecule has 0 fully saturated rings. The fraction of sp³-hybridized carbons (Fsp3) is 0.316. The maximum absolute atomic E-state index is 13.5. The van der Waals surface area contributed by atoms with Crippen LogP contribution in [0.5, 0.6) is 11.5 Å². The number of carbonyl (C=O) groups is 1. The van der Waals surface area contributed by atoms with Crippen LogP contribution in [0.2, 0.25) is 0 Å². The van der Waals surface area contributed by atoms with Gasteiger partial charge >= 0.3 is 5.97 Å². The number of nitrogens with two attached hydrogens (primary N) is 1. The van der Waals surface area contributed by atoms with E-state index in [0.29, 0.717) is 17.1 Å². The van der Waals surface area contributed by atoms with Crippen LogP contribution < -0.4 is 15.2 Å². The van der Waals surface area contributed by atoms with Gasteiger partial charge in [-0.05, 0) is 38.1 Å². The third-order valence-corrected chi connectivity index (χ3v) is 3.61. The van der Waals surface area contributed by atoms with E-state index in [9.17, 15) is 9.18 Å². The zero-order valence-electron chi connectivity index (χ0n) is 14.4. The van der Waals surface area contributed by atoms with Crippen molar-refractivity contribution in [2.75, 3.05) is 7.11 Å². The summed E-state index contributed by atoms with van der Waals surface area (Å²) in [6.07, 6.45) is -1.36. The highest BCUT2D eigenvalue weighted by molar-refractivity contribution is 5.75. The number of para-hydroxylation sites is 1. The Hall–Kier alpha value is -2.60. The molecule has 5 nitrogen and oxygen atoms in total. The monoisotopic (exact) mass is 347 g/mol. The molecule has 0 unspecified atom stereocenters. The smallest absolute Gasteiger partial charge is 0.323 e. The fourth-order valence-electron chi connectivity index (χ4n) is 2.33. The first-order valence-corrected chi connectivity index (χ1v) is 7.93. The minimum Gasteiger partial charge on any atom is -0.496 e. The van der Waals surface area contributed by atoms with Crippen molar-refractivity contribution in [3.63, 3.8) is 0 Å². The van der Waals surface area contributed by atoms with Crippen molar-refractivity contribution in [1.82, 2.24) is 0 Å². The van der Waals surface area contributed by atoms with Gasteiger partial charge in [0.25, 0.3) is 0 Å². The predicted molar refractivity (Wildman–Crippen MR) is 92.0 cm³/mol. The van der Waals surface area contributed by atoms with Gasteiger partial charge in [-0.1, -0.05) is 18.2 Å². The molecule has 2 rings (SSSR count). The van der Waals surface area contributed by atoms with Crippen LogP contribution in [0.25, 0.3) is 0 Å². The number of methoxy groups -OCH3 is 1. The first-order valence-electron chi connectivity index (χ1n) is 7.93. The molecule has 3 atom stereocenters. The number of halogens is 1. The number of carbonyl (C=O) groups excluding carboxylic acids is 1. The van der Waals surface area contributed by atoms with E-state index < -0.39 is 30.0 Å². The summed E-state index contributed by atoms with van der Waals surface area (Å²) in [7, 11) is 1.44. The summed E-state index contributed by atoms with van der Waals surface area (Å²) in [5.74, 6) is -0.0817. The van der Waals surface area contributed by atoms with Gasteiger partial charge in [0, 0.05) is 11.6 Å². The number of ether oxygens (including phenoxy) is 3. The molecule has 0 bridgehead atoms. The lowest BCUT2D eigenvalue weighted by Crippen LogP contribution is -2.35. The normalized spacial score (nSPS) is 14.3. The molecule has 0 saturated heterocycles. The second-order valence-corrected chi connectivity index (χ2v) is 5.67. The third kappa shape index (κ3) is 4.93. The van der Waals surface area contributed by atoms with Gasteiger partial charge in [-0.2, -0.15) is 0 Å². The average Bonchev–Trinajstić information content (AvgIpc) is 2.60. The minimum absolute atomic E-state index is 0.310. The van der Waals surface area contributed by atoms with Gasteiger partial charge in [0.05, 0.1) is 7.11 Å². The van der Waals surface area contributed by atoms with E-state index >= 15 is 0 Å². The van der Waals surface area contributed by atoms with Crippen molar-refractivity contribution in [3.8, 4) is 11.5 Å². The lowest BCUT2D eigenvalue weighted by Gasteiger charge is -2.27. The maximum Gasteiger partial charge on any atom is 0.323 e. The molecule has 0 aliphatic carbocycles. The Kier molecular flexibility index (Phi) is 6.36. The molecule has 2 aromatic rings. The van der Waals surface area contributed by atoms with Crippen molar-refractivity contribution in [3.05, 3.63) is 59.9 Å². The molecule has 0 aromatic heterocycles. The van der Waals surface area contributed by atoms with Gasteiger partial charge in [0.15, 0.2) is 6.10 Å². The second-order valence-electron chi connectivity index (χ2n) is 5.67. The zero-order valence-corrected chi connectivity index (χ0v) is 14.4. The first-order chi connectivity index (χ1) is 11.9. The number of rotatable bonds is 7. The number of esters is 1. The Morgan fingerprint density at radius 2 is 1.80 bits per heavy atom. The van der Waals surface area contributed by atoms with E-state index in [1.54, 1.807) is 32.0 Å². The van der Waals surface area contributed by atoms with E-state index in [1.807, 2.05) is 18.2 Å². The summed E-state index contributed by atoms with van der Waals surface area (Å²) < 4.78 is 30.2. The molecule has 0 saturated carbocycles. The van der Waals surface area contributed by atoms with Crippen LogP contribution in [0, 0.1) is 5.82 Å². The Morgan fingerprint density at radius 3 is 2.40 bits per heavy atom. The lowest BCUT2D eigenvalue weighted by atomic mass is 10.0. The lowest BCUT2D eigenvalue weighted by molar-refractivity contribution is -0.154. The van der Waals surface area contributed by atoms with Gasteiger partial charge < -0.3 is 19.9 Å². The average molecular weight is 347 g/mol. The van der Waals surface area contributed by atoms with Crippen LogP contribution >= 0.6 is 0 Å². The van der Waals surface area contributed by atoms with E-state index in [0.717, 1.165) is 0 Å². The van der Waals surface area contributed by atoms with E-state index in [1.165, 1.54) is 19.2 Å². The van der Waals surface area contributed by atoms with Crippen LogP contribution in [0.4, 0.5) is 4.39 Å². The molecule has 0 radical (unpaired) electrons. The van der Waals surface area contributed by atoms with Crippen molar-refractivity contribution in [1.29, 1.82) is 0 Å². The molecule has 134 valence electrons. The predicted octanol–water partition coefficient (Wildman–Crippen LogP) is 3.23. The van der Waals surface area contributed by atoms with E-state index in [2.05, 4.69) is 0 Å². The van der Waals surface area contributed by atoms with Crippen molar-refractivity contribution >= 4 is 5.97 Å². The van der Waals surface area contributed by atoms with Gasteiger partial charge in [-0.3, -0.25) is 4.79 Å². The van der Waals surface area contributed by atoms with Crippen LogP contribution in [0.3, 0.4) is 0 Å². The molecule has 0 heterocycles. The molecular formula is C19H22FNO4. The maximum atomic E-state index is 13.5. The van der Waals surface area contributed by atoms with Gasteiger partial charge in [-0.15, -0.1) is 0 Å². The largest absolute Gasteiger partial charge is 0.496 e. The Labute approximate surface area is 146 Å². The van der Waals surface area contributed by atoms with Gasteiger partial charge in [0.2, 0.25) is 0 Å². The molecule has 0 aliphatic rings. The summed E-state index contributed by atoms with van der Waals surface area (Å²) >= 11 is 0. The molecule has 2 N–H and O–H groups in total. The van der Waals surface area contributed by atoms with Crippen LogP contribution in [-0.4, -0.2) is 25.2 Å². The molecule has 25 heavy (non-hydrogen) atoms. The SMILES string of the molecule is COc1cc(F)ccc1[C@@H](Oc1ccccc1)[C@H](C)OC(=O)[C@H](C)N. The Balaban J connectivity index is 2.36.